The molecule has 0 saturated carbocycles. The van der Waals surface area contributed by atoms with Gasteiger partial charge >= 0.3 is 5.97 Å². The molecule has 0 aliphatic rings. The maximum atomic E-state index is 10.8. The fourth-order valence-electron chi connectivity index (χ4n) is 1.46. The van der Waals surface area contributed by atoms with Gasteiger partial charge in [0, 0.05) is 0 Å². The molecule has 0 unspecified atom stereocenters. The van der Waals surface area contributed by atoms with Crippen LogP contribution in [-0.4, -0.2) is 26.1 Å². The first-order valence-corrected chi connectivity index (χ1v) is 4.86. The molecule has 0 atom stereocenters. The number of carboxylic acids is 1. The average molecular weight is 217 g/mol. The number of aromatic carboxylic acids is 1. The predicted molar refractivity (Wildman–Crippen MR) is 57.3 cm³/mol. The highest BCUT2D eigenvalue weighted by Crippen LogP contribution is 2.07. The van der Waals surface area contributed by atoms with E-state index in [9.17, 15) is 4.79 Å². The zero-order chi connectivity index (χ0) is 11.5. The van der Waals surface area contributed by atoms with E-state index >= 15 is 0 Å². The van der Waals surface area contributed by atoms with Gasteiger partial charge in [-0.05, 0) is 12.5 Å². The molecule has 1 aromatic carbocycles. The van der Waals surface area contributed by atoms with Crippen LogP contribution in [-0.2, 0) is 6.54 Å². The Morgan fingerprint density at radius 1 is 1.38 bits per heavy atom. The van der Waals surface area contributed by atoms with Crippen molar-refractivity contribution in [2.24, 2.45) is 0 Å². The Kier molecular flexibility index (Phi) is 2.68. The van der Waals surface area contributed by atoms with Gasteiger partial charge in [-0.3, -0.25) is 0 Å². The minimum atomic E-state index is -1.04. The Balaban J connectivity index is 2.26. The van der Waals surface area contributed by atoms with Crippen molar-refractivity contribution in [3.8, 4) is 0 Å². The van der Waals surface area contributed by atoms with Gasteiger partial charge < -0.3 is 5.11 Å². The minimum absolute atomic E-state index is 0.0101. The standard InChI is InChI=1S/C11H11N3O2/c1-8-10(11(15)16)12-13-14(8)7-9-5-3-2-4-6-9/h2-6H,7H2,1H3,(H,15,16). The van der Waals surface area contributed by atoms with Gasteiger partial charge in [0.2, 0.25) is 0 Å². The van der Waals surface area contributed by atoms with Gasteiger partial charge in [-0.2, -0.15) is 0 Å². The lowest BCUT2D eigenvalue weighted by Crippen LogP contribution is -2.05. The molecule has 0 radical (unpaired) electrons. The molecule has 0 amide bonds. The third-order valence-corrected chi connectivity index (χ3v) is 2.36. The Bertz CT molecular complexity index is 505. The van der Waals surface area contributed by atoms with Crippen molar-refractivity contribution in [3.63, 3.8) is 0 Å². The van der Waals surface area contributed by atoms with Crippen molar-refractivity contribution in [1.82, 2.24) is 15.0 Å². The third kappa shape index (κ3) is 1.93. The molecule has 1 N–H and O–H groups in total. The molecule has 0 saturated heterocycles. The summed E-state index contributed by atoms with van der Waals surface area (Å²) < 4.78 is 1.58. The zero-order valence-corrected chi connectivity index (χ0v) is 8.79. The van der Waals surface area contributed by atoms with Crippen LogP contribution in [0.4, 0.5) is 0 Å². The number of rotatable bonds is 3. The molecule has 0 aliphatic heterocycles. The molecule has 1 aromatic heterocycles. The fraction of sp³-hybridized carbons (Fsp3) is 0.182. The second-order valence-electron chi connectivity index (χ2n) is 3.47. The molecule has 5 nitrogen and oxygen atoms in total. The summed E-state index contributed by atoms with van der Waals surface area (Å²) in [4.78, 5) is 10.8. The van der Waals surface area contributed by atoms with Gasteiger partial charge in [0.25, 0.3) is 0 Å². The Morgan fingerprint density at radius 3 is 2.62 bits per heavy atom. The van der Waals surface area contributed by atoms with Crippen LogP contribution in [0.3, 0.4) is 0 Å². The van der Waals surface area contributed by atoms with Crippen molar-refractivity contribution in [3.05, 3.63) is 47.3 Å². The molecular formula is C11H11N3O2. The van der Waals surface area contributed by atoms with E-state index in [-0.39, 0.29) is 5.69 Å². The predicted octanol–water partition coefficient (Wildman–Crippen LogP) is 1.33. The molecule has 16 heavy (non-hydrogen) atoms. The number of carbonyl (C=O) groups is 1. The molecule has 2 rings (SSSR count). The van der Waals surface area contributed by atoms with Crippen LogP contribution in [0.1, 0.15) is 21.7 Å². The van der Waals surface area contributed by atoms with Crippen LogP contribution >= 0.6 is 0 Å². The van der Waals surface area contributed by atoms with Crippen LogP contribution in [0.15, 0.2) is 30.3 Å². The summed E-state index contributed by atoms with van der Waals surface area (Å²) >= 11 is 0. The Hall–Kier alpha value is -2.17. The van der Waals surface area contributed by atoms with E-state index in [1.807, 2.05) is 30.3 Å². The summed E-state index contributed by atoms with van der Waals surface area (Å²) in [7, 11) is 0. The summed E-state index contributed by atoms with van der Waals surface area (Å²) in [6.07, 6.45) is 0. The normalized spacial score (nSPS) is 10.3. The first-order valence-electron chi connectivity index (χ1n) is 4.86. The van der Waals surface area contributed by atoms with Gasteiger partial charge in [0.1, 0.15) is 0 Å². The van der Waals surface area contributed by atoms with Crippen molar-refractivity contribution in [2.75, 3.05) is 0 Å². The maximum absolute atomic E-state index is 10.8. The van der Waals surface area contributed by atoms with E-state index in [4.69, 9.17) is 5.11 Å². The topological polar surface area (TPSA) is 68.0 Å². The van der Waals surface area contributed by atoms with Gasteiger partial charge in [-0.1, -0.05) is 35.5 Å². The van der Waals surface area contributed by atoms with E-state index in [1.54, 1.807) is 11.6 Å². The second-order valence-corrected chi connectivity index (χ2v) is 3.47. The number of carboxylic acid groups (broad SMARTS) is 1. The summed E-state index contributed by atoms with van der Waals surface area (Å²) in [5, 5.41) is 16.3. The largest absolute Gasteiger partial charge is 0.476 e. The average Bonchev–Trinajstić information content (AvgIpc) is 2.62. The molecular weight excluding hydrogens is 206 g/mol. The van der Waals surface area contributed by atoms with E-state index < -0.39 is 5.97 Å². The highest BCUT2D eigenvalue weighted by molar-refractivity contribution is 5.86. The summed E-state index contributed by atoms with van der Waals surface area (Å²) in [5.41, 5.74) is 1.64. The number of benzene rings is 1. The molecule has 0 spiro atoms. The third-order valence-electron chi connectivity index (χ3n) is 2.36. The molecule has 2 aromatic rings. The number of hydrogen-bond donors (Lipinski definition) is 1. The van der Waals surface area contributed by atoms with E-state index in [2.05, 4.69) is 10.3 Å². The summed E-state index contributed by atoms with van der Waals surface area (Å²) in [5.74, 6) is -1.04. The summed E-state index contributed by atoms with van der Waals surface area (Å²) in [6.45, 7) is 2.24. The first kappa shape index (κ1) is 10.4. The van der Waals surface area contributed by atoms with Crippen LogP contribution in [0, 0.1) is 6.92 Å². The van der Waals surface area contributed by atoms with E-state index in [0.717, 1.165) is 5.56 Å². The zero-order valence-electron chi connectivity index (χ0n) is 8.79. The highest BCUT2D eigenvalue weighted by atomic mass is 16.4. The van der Waals surface area contributed by atoms with Gasteiger partial charge in [0.05, 0.1) is 12.2 Å². The summed E-state index contributed by atoms with van der Waals surface area (Å²) in [6, 6.07) is 9.71. The lowest BCUT2D eigenvalue weighted by molar-refractivity contribution is 0.0689. The molecule has 5 heteroatoms. The molecule has 0 fully saturated rings. The van der Waals surface area contributed by atoms with Crippen molar-refractivity contribution >= 4 is 5.97 Å². The SMILES string of the molecule is Cc1c(C(=O)O)nnn1Cc1ccccc1. The van der Waals surface area contributed by atoms with Crippen LogP contribution in [0.5, 0.6) is 0 Å². The van der Waals surface area contributed by atoms with Gasteiger partial charge in [-0.25, -0.2) is 9.48 Å². The van der Waals surface area contributed by atoms with Crippen LogP contribution < -0.4 is 0 Å². The van der Waals surface area contributed by atoms with Gasteiger partial charge in [-0.15, -0.1) is 5.10 Å². The second kappa shape index (κ2) is 4.14. The van der Waals surface area contributed by atoms with E-state index in [1.165, 1.54) is 0 Å². The molecule has 82 valence electrons. The number of hydrogen-bond acceptors (Lipinski definition) is 3. The Labute approximate surface area is 92.3 Å². The Morgan fingerprint density at radius 2 is 2.06 bits per heavy atom. The van der Waals surface area contributed by atoms with Gasteiger partial charge in [0.15, 0.2) is 5.69 Å². The maximum Gasteiger partial charge on any atom is 0.358 e. The monoisotopic (exact) mass is 217 g/mol. The molecule has 0 aliphatic carbocycles. The van der Waals surface area contributed by atoms with Crippen molar-refractivity contribution in [2.45, 2.75) is 13.5 Å². The van der Waals surface area contributed by atoms with E-state index in [0.29, 0.717) is 12.2 Å². The molecule has 1 heterocycles. The highest BCUT2D eigenvalue weighted by Gasteiger charge is 2.14. The number of aromatic nitrogens is 3. The quantitative estimate of drug-likeness (QED) is 0.842. The lowest BCUT2D eigenvalue weighted by Gasteiger charge is -2.02. The van der Waals surface area contributed by atoms with Crippen molar-refractivity contribution < 1.29 is 9.90 Å². The van der Waals surface area contributed by atoms with Crippen LogP contribution in [0.25, 0.3) is 0 Å². The first-order chi connectivity index (χ1) is 7.68. The minimum Gasteiger partial charge on any atom is -0.476 e. The lowest BCUT2D eigenvalue weighted by atomic mass is 10.2. The van der Waals surface area contributed by atoms with Crippen LogP contribution in [0.2, 0.25) is 0 Å². The number of nitrogens with zero attached hydrogens (tertiary/aromatic N) is 3. The van der Waals surface area contributed by atoms with Crippen molar-refractivity contribution in [1.29, 1.82) is 0 Å². The fourth-order valence-corrected chi connectivity index (χ4v) is 1.46. The molecule has 0 bridgehead atoms. The smallest absolute Gasteiger partial charge is 0.358 e.